The molecule has 3 rings (SSSR count). The molecule has 0 radical (unpaired) electrons. The Morgan fingerprint density at radius 1 is 1.05 bits per heavy atom. The highest BCUT2D eigenvalue weighted by molar-refractivity contribution is 4.96. The van der Waals surface area contributed by atoms with Crippen LogP contribution in [0.25, 0.3) is 0 Å². The Hall–Kier alpha value is -0.630. The Labute approximate surface area is 123 Å². The minimum absolute atomic E-state index is 0.0651. The third kappa shape index (κ3) is 3.94. The van der Waals surface area contributed by atoms with Crippen molar-refractivity contribution in [3.05, 3.63) is 0 Å². The zero-order chi connectivity index (χ0) is 13.8. The van der Waals surface area contributed by atoms with Crippen LogP contribution in [0.15, 0.2) is 0 Å². The maximum atomic E-state index is 9.18. The Morgan fingerprint density at radius 2 is 1.75 bits per heavy atom. The normalized spacial score (nSPS) is 27.6. The summed E-state index contributed by atoms with van der Waals surface area (Å²) in [6.07, 6.45) is 9.21. The van der Waals surface area contributed by atoms with E-state index in [-0.39, 0.29) is 6.04 Å². The lowest BCUT2D eigenvalue weighted by Crippen LogP contribution is -2.50. The first-order chi connectivity index (χ1) is 9.85. The van der Waals surface area contributed by atoms with E-state index in [1.807, 2.05) is 0 Å². The Kier molecular flexibility index (Phi) is 4.93. The molecule has 3 aliphatic rings. The summed E-state index contributed by atoms with van der Waals surface area (Å²) in [4.78, 5) is 5.25. The predicted octanol–water partition coefficient (Wildman–Crippen LogP) is 1.58. The summed E-state index contributed by atoms with van der Waals surface area (Å²) in [6.45, 7) is 5.93. The summed E-state index contributed by atoms with van der Waals surface area (Å²) in [5, 5.41) is 12.6. The van der Waals surface area contributed by atoms with Gasteiger partial charge in [-0.3, -0.25) is 10.2 Å². The summed E-state index contributed by atoms with van der Waals surface area (Å²) in [6, 6.07) is 4.00. The summed E-state index contributed by atoms with van der Waals surface area (Å²) in [5.41, 5.74) is 0. The van der Waals surface area contributed by atoms with Gasteiger partial charge in [-0.15, -0.1) is 0 Å². The number of nitrogens with zero attached hydrogens (tertiary/aromatic N) is 3. The molecular weight excluding hydrogens is 248 g/mol. The lowest BCUT2D eigenvalue weighted by Gasteiger charge is -2.38. The SMILES string of the molecule is N#CC(CCN1CCN(C2CCCC2)CC1)NC1CC1. The van der Waals surface area contributed by atoms with Gasteiger partial charge in [0.05, 0.1) is 12.1 Å². The van der Waals surface area contributed by atoms with Gasteiger partial charge in [-0.2, -0.15) is 5.26 Å². The summed E-state index contributed by atoms with van der Waals surface area (Å²) < 4.78 is 0. The van der Waals surface area contributed by atoms with E-state index in [9.17, 15) is 5.26 Å². The van der Waals surface area contributed by atoms with Crippen molar-refractivity contribution in [1.29, 1.82) is 5.26 Å². The first kappa shape index (κ1) is 14.3. The van der Waals surface area contributed by atoms with Crippen LogP contribution < -0.4 is 5.32 Å². The number of rotatable bonds is 6. The van der Waals surface area contributed by atoms with Crippen molar-refractivity contribution in [3.63, 3.8) is 0 Å². The highest BCUT2D eigenvalue weighted by atomic mass is 15.3. The van der Waals surface area contributed by atoms with Crippen LogP contribution in [-0.4, -0.2) is 60.6 Å². The second kappa shape index (κ2) is 6.89. The van der Waals surface area contributed by atoms with Gasteiger partial charge < -0.3 is 4.90 Å². The molecule has 3 fully saturated rings. The van der Waals surface area contributed by atoms with Crippen molar-refractivity contribution in [2.24, 2.45) is 0 Å². The molecule has 0 bridgehead atoms. The maximum Gasteiger partial charge on any atom is 0.0967 e. The molecule has 4 heteroatoms. The minimum atomic E-state index is 0.0651. The van der Waals surface area contributed by atoms with E-state index in [0.29, 0.717) is 6.04 Å². The fourth-order valence-electron chi connectivity index (χ4n) is 3.65. The second-order valence-corrected chi connectivity index (χ2v) is 6.73. The lowest BCUT2D eigenvalue weighted by atomic mass is 10.1. The highest BCUT2D eigenvalue weighted by Gasteiger charge is 2.27. The minimum Gasteiger partial charge on any atom is -0.301 e. The van der Waals surface area contributed by atoms with Crippen molar-refractivity contribution >= 4 is 0 Å². The molecular formula is C16H28N4. The van der Waals surface area contributed by atoms with Gasteiger partial charge in [-0.1, -0.05) is 12.8 Å². The van der Waals surface area contributed by atoms with Gasteiger partial charge in [0.1, 0.15) is 0 Å². The molecule has 4 nitrogen and oxygen atoms in total. The standard InChI is InChI=1S/C16H28N4/c17-13-15(18-14-5-6-14)7-8-19-9-11-20(12-10-19)16-3-1-2-4-16/h14-16,18H,1-12H2. The molecule has 0 aromatic rings. The molecule has 0 spiro atoms. The number of nitriles is 1. The van der Waals surface area contributed by atoms with Gasteiger partial charge >= 0.3 is 0 Å². The molecule has 1 saturated heterocycles. The second-order valence-electron chi connectivity index (χ2n) is 6.73. The molecule has 20 heavy (non-hydrogen) atoms. The van der Waals surface area contributed by atoms with E-state index in [1.165, 1.54) is 64.7 Å². The van der Waals surface area contributed by atoms with Gasteiger partial charge in [0.25, 0.3) is 0 Å². The van der Waals surface area contributed by atoms with E-state index in [4.69, 9.17) is 0 Å². The molecule has 1 atom stereocenters. The quantitative estimate of drug-likeness (QED) is 0.800. The van der Waals surface area contributed by atoms with Crippen LogP contribution in [0.5, 0.6) is 0 Å². The van der Waals surface area contributed by atoms with Crippen LogP contribution in [0.4, 0.5) is 0 Å². The average Bonchev–Trinajstić information content (AvgIpc) is 3.14. The zero-order valence-electron chi connectivity index (χ0n) is 12.6. The first-order valence-electron chi connectivity index (χ1n) is 8.47. The summed E-state index contributed by atoms with van der Waals surface area (Å²) in [5.74, 6) is 0. The van der Waals surface area contributed by atoms with Gasteiger partial charge in [-0.25, -0.2) is 0 Å². The molecule has 0 amide bonds. The molecule has 112 valence electrons. The first-order valence-corrected chi connectivity index (χ1v) is 8.47. The summed E-state index contributed by atoms with van der Waals surface area (Å²) >= 11 is 0. The highest BCUT2D eigenvalue weighted by Crippen LogP contribution is 2.24. The van der Waals surface area contributed by atoms with Crippen LogP contribution in [-0.2, 0) is 0 Å². The third-order valence-corrected chi connectivity index (χ3v) is 5.15. The van der Waals surface area contributed by atoms with Crippen molar-refractivity contribution in [1.82, 2.24) is 15.1 Å². The van der Waals surface area contributed by atoms with Gasteiger partial charge in [0, 0.05) is 44.8 Å². The number of nitrogens with one attached hydrogen (secondary N) is 1. The topological polar surface area (TPSA) is 42.3 Å². The van der Waals surface area contributed by atoms with Crippen molar-refractivity contribution < 1.29 is 0 Å². The Balaban J connectivity index is 1.34. The number of hydrogen-bond acceptors (Lipinski definition) is 4. The molecule has 0 aromatic heterocycles. The molecule has 0 aromatic carbocycles. The summed E-state index contributed by atoms with van der Waals surface area (Å²) in [7, 11) is 0. The van der Waals surface area contributed by atoms with Crippen LogP contribution in [0.2, 0.25) is 0 Å². The van der Waals surface area contributed by atoms with Gasteiger partial charge in [-0.05, 0) is 32.1 Å². The molecule has 1 aliphatic heterocycles. The smallest absolute Gasteiger partial charge is 0.0967 e. The Morgan fingerprint density at radius 3 is 2.35 bits per heavy atom. The molecule has 1 N–H and O–H groups in total. The monoisotopic (exact) mass is 276 g/mol. The fourth-order valence-corrected chi connectivity index (χ4v) is 3.65. The number of piperazine rings is 1. The molecule has 2 saturated carbocycles. The van der Waals surface area contributed by atoms with E-state index < -0.39 is 0 Å². The molecule has 2 aliphatic carbocycles. The van der Waals surface area contributed by atoms with Crippen LogP contribution >= 0.6 is 0 Å². The van der Waals surface area contributed by atoms with Crippen LogP contribution in [0, 0.1) is 11.3 Å². The van der Waals surface area contributed by atoms with Crippen LogP contribution in [0.1, 0.15) is 44.9 Å². The largest absolute Gasteiger partial charge is 0.301 e. The third-order valence-electron chi connectivity index (χ3n) is 5.15. The maximum absolute atomic E-state index is 9.18. The van der Waals surface area contributed by atoms with Gasteiger partial charge in [0.2, 0.25) is 0 Å². The average molecular weight is 276 g/mol. The zero-order valence-corrected chi connectivity index (χ0v) is 12.6. The van der Waals surface area contributed by atoms with E-state index in [0.717, 1.165) is 19.0 Å². The molecule has 1 unspecified atom stereocenters. The van der Waals surface area contributed by atoms with Crippen molar-refractivity contribution in [2.45, 2.75) is 63.1 Å². The van der Waals surface area contributed by atoms with E-state index in [1.54, 1.807) is 0 Å². The van der Waals surface area contributed by atoms with Crippen molar-refractivity contribution in [2.75, 3.05) is 32.7 Å². The Bertz CT molecular complexity index is 333. The van der Waals surface area contributed by atoms with Crippen LogP contribution in [0.3, 0.4) is 0 Å². The number of hydrogen-bond donors (Lipinski definition) is 1. The van der Waals surface area contributed by atoms with E-state index >= 15 is 0 Å². The van der Waals surface area contributed by atoms with E-state index in [2.05, 4.69) is 21.2 Å². The van der Waals surface area contributed by atoms with Gasteiger partial charge in [0.15, 0.2) is 0 Å². The fraction of sp³-hybridized carbons (Fsp3) is 0.938. The molecule has 1 heterocycles. The lowest BCUT2D eigenvalue weighted by molar-refractivity contribution is 0.0962. The van der Waals surface area contributed by atoms with Crippen molar-refractivity contribution in [3.8, 4) is 6.07 Å². The predicted molar refractivity (Wildman–Crippen MR) is 80.4 cm³/mol.